The number of fused-ring (bicyclic) bond motifs is 1. The summed E-state index contributed by atoms with van der Waals surface area (Å²) in [6.45, 7) is 5.70. The van der Waals surface area contributed by atoms with Crippen molar-refractivity contribution >= 4 is 5.91 Å². The number of hydrogen-bond donors (Lipinski definition) is 2. The second kappa shape index (κ2) is 3.51. The molecule has 2 aliphatic heterocycles. The van der Waals surface area contributed by atoms with E-state index in [9.17, 15) is 4.79 Å². The van der Waals surface area contributed by atoms with Gasteiger partial charge in [0.2, 0.25) is 5.91 Å². The van der Waals surface area contributed by atoms with Gasteiger partial charge in [0.25, 0.3) is 0 Å². The molecule has 0 aromatic carbocycles. The number of likely N-dealkylation sites (N-methyl/N-ethyl adjacent to an activating group) is 1. The van der Waals surface area contributed by atoms with Crippen molar-refractivity contribution in [3.63, 3.8) is 0 Å². The second-order valence-corrected chi connectivity index (χ2v) is 4.70. The zero-order chi connectivity index (χ0) is 10.2. The maximum Gasteiger partial charge on any atom is 0.217 e. The van der Waals surface area contributed by atoms with E-state index >= 15 is 0 Å². The molecular weight excluding hydrogens is 178 g/mol. The summed E-state index contributed by atoms with van der Waals surface area (Å²) in [4.78, 5) is 13.5. The zero-order valence-corrected chi connectivity index (χ0v) is 8.97. The molecule has 0 saturated carbocycles. The average Bonchev–Trinajstić information content (AvgIpc) is 2.38. The highest BCUT2D eigenvalue weighted by Gasteiger charge is 2.47. The van der Waals surface area contributed by atoms with Gasteiger partial charge in [0.15, 0.2) is 0 Å². The van der Waals surface area contributed by atoms with Crippen molar-refractivity contribution in [1.82, 2.24) is 15.5 Å². The zero-order valence-electron chi connectivity index (χ0n) is 8.97. The molecule has 0 aromatic rings. The fourth-order valence-electron chi connectivity index (χ4n) is 2.92. The van der Waals surface area contributed by atoms with Gasteiger partial charge in [0, 0.05) is 26.6 Å². The monoisotopic (exact) mass is 197 g/mol. The van der Waals surface area contributed by atoms with E-state index in [0.717, 1.165) is 26.2 Å². The predicted octanol–water partition coefficient (Wildman–Crippen LogP) is -0.584. The first kappa shape index (κ1) is 9.93. The maximum absolute atomic E-state index is 11.2. The number of carbonyl (C=O) groups is 1. The molecule has 2 aliphatic rings. The van der Waals surface area contributed by atoms with Crippen molar-refractivity contribution in [3.8, 4) is 0 Å². The molecule has 0 spiro atoms. The molecular formula is C10H19N3O. The molecule has 14 heavy (non-hydrogen) atoms. The van der Waals surface area contributed by atoms with Crippen LogP contribution in [0.15, 0.2) is 0 Å². The van der Waals surface area contributed by atoms with Crippen LogP contribution < -0.4 is 10.6 Å². The number of likely N-dealkylation sites (tertiary alicyclic amines) is 1. The molecule has 1 unspecified atom stereocenters. The minimum atomic E-state index is -0.00116. The van der Waals surface area contributed by atoms with Crippen LogP contribution in [0, 0.1) is 5.92 Å². The van der Waals surface area contributed by atoms with Gasteiger partial charge in [-0.3, -0.25) is 4.79 Å². The van der Waals surface area contributed by atoms with Crippen LogP contribution in [0.5, 0.6) is 0 Å². The molecule has 2 heterocycles. The fourth-order valence-corrected chi connectivity index (χ4v) is 2.92. The molecule has 2 saturated heterocycles. The average molecular weight is 197 g/mol. The van der Waals surface area contributed by atoms with E-state index in [1.165, 1.54) is 6.42 Å². The van der Waals surface area contributed by atoms with Gasteiger partial charge in [0.05, 0.1) is 5.54 Å². The lowest BCUT2D eigenvalue weighted by atomic mass is 9.82. The standard InChI is InChI=1S/C10H19N3O/c1-8(14)12-10-6-11-4-3-9(10)5-13(2)7-10/h9,11H,3-7H2,1-2H3,(H,12,14)/t9-,10?/m1/s1. The molecule has 2 fully saturated rings. The molecule has 0 bridgehead atoms. The molecule has 2 rings (SSSR count). The van der Waals surface area contributed by atoms with Crippen molar-refractivity contribution in [1.29, 1.82) is 0 Å². The molecule has 2 N–H and O–H groups in total. The smallest absolute Gasteiger partial charge is 0.217 e. The van der Waals surface area contributed by atoms with E-state index in [1.54, 1.807) is 6.92 Å². The molecule has 1 amide bonds. The molecule has 4 nitrogen and oxygen atoms in total. The summed E-state index contributed by atoms with van der Waals surface area (Å²) in [6.07, 6.45) is 1.17. The second-order valence-electron chi connectivity index (χ2n) is 4.70. The van der Waals surface area contributed by atoms with Crippen LogP contribution >= 0.6 is 0 Å². The van der Waals surface area contributed by atoms with Gasteiger partial charge < -0.3 is 15.5 Å². The lowest BCUT2D eigenvalue weighted by Crippen LogP contribution is -2.62. The van der Waals surface area contributed by atoms with Crippen molar-refractivity contribution in [2.45, 2.75) is 18.9 Å². The Kier molecular flexibility index (Phi) is 2.49. The van der Waals surface area contributed by atoms with Crippen molar-refractivity contribution in [3.05, 3.63) is 0 Å². The van der Waals surface area contributed by atoms with Gasteiger partial charge in [-0.15, -0.1) is 0 Å². The maximum atomic E-state index is 11.2. The summed E-state index contributed by atoms with van der Waals surface area (Å²) in [5.41, 5.74) is -0.00116. The minimum Gasteiger partial charge on any atom is -0.348 e. The first-order valence-electron chi connectivity index (χ1n) is 5.30. The Morgan fingerprint density at radius 3 is 3.14 bits per heavy atom. The largest absolute Gasteiger partial charge is 0.348 e. The van der Waals surface area contributed by atoms with Crippen LogP contribution in [-0.4, -0.2) is 49.6 Å². The van der Waals surface area contributed by atoms with E-state index in [1.807, 2.05) is 0 Å². The lowest BCUT2D eigenvalue weighted by Gasteiger charge is -2.39. The number of nitrogens with one attached hydrogen (secondary N) is 2. The fraction of sp³-hybridized carbons (Fsp3) is 0.900. The Balaban J connectivity index is 2.14. The Morgan fingerprint density at radius 2 is 2.43 bits per heavy atom. The Morgan fingerprint density at radius 1 is 1.64 bits per heavy atom. The summed E-state index contributed by atoms with van der Waals surface area (Å²) >= 11 is 0. The van der Waals surface area contributed by atoms with E-state index in [0.29, 0.717) is 5.92 Å². The highest BCUT2D eigenvalue weighted by atomic mass is 16.1. The van der Waals surface area contributed by atoms with Gasteiger partial charge in [0.1, 0.15) is 0 Å². The highest BCUT2D eigenvalue weighted by Crippen LogP contribution is 2.31. The number of carbonyl (C=O) groups excluding carboxylic acids is 1. The summed E-state index contributed by atoms with van der Waals surface area (Å²) in [6, 6.07) is 0. The summed E-state index contributed by atoms with van der Waals surface area (Å²) < 4.78 is 0. The lowest BCUT2D eigenvalue weighted by molar-refractivity contribution is -0.121. The third kappa shape index (κ3) is 1.64. The van der Waals surface area contributed by atoms with Crippen LogP contribution in [0.4, 0.5) is 0 Å². The number of rotatable bonds is 1. The molecule has 0 aliphatic carbocycles. The summed E-state index contributed by atoms with van der Waals surface area (Å²) in [7, 11) is 2.13. The third-order valence-corrected chi connectivity index (χ3v) is 3.40. The quantitative estimate of drug-likeness (QED) is 0.591. The van der Waals surface area contributed by atoms with Crippen LogP contribution in [0.2, 0.25) is 0 Å². The highest BCUT2D eigenvalue weighted by molar-refractivity contribution is 5.74. The summed E-state index contributed by atoms with van der Waals surface area (Å²) in [5.74, 6) is 0.714. The van der Waals surface area contributed by atoms with Crippen LogP contribution in [-0.2, 0) is 4.79 Å². The number of piperidine rings is 1. The van der Waals surface area contributed by atoms with E-state index < -0.39 is 0 Å². The van der Waals surface area contributed by atoms with Crippen molar-refractivity contribution < 1.29 is 4.79 Å². The van der Waals surface area contributed by atoms with E-state index in [-0.39, 0.29) is 11.4 Å². The van der Waals surface area contributed by atoms with Gasteiger partial charge >= 0.3 is 0 Å². The third-order valence-electron chi connectivity index (χ3n) is 3.40. The van der Waals surface area contributed by atoms with Gasteiger partial charge in [-0.05, 0) is 25.9 Å². The topological polar surface area (TPSA) is 44.4 Å². The van der Waals surface area contributed by atoms with Crippen molar-refractivity contribution in [2.24, 2.45) is 5.92 Å². The SMILES string of the molecule is CC(=O)NC12CNCC[C@@H]1CN(C)C2. The molecule has 4 heteroatoms. The Labute approximate surface area is 85.0 Å². The number of nitrogens with zero attached hydrogens (tertiary/aromatic N) is 1. The molecule has 2 atom stereocenters. The normalized spacial score (nSPS) is 38.0. The molecule has 0 radical (unpaired) electrons. The van der Waals surface area contributed by atoms with Crippen LogP contribution in [0.25, 0.3) is 0 Å². The Bertz CT molecular complexity index is 244. The van der Waals surface area contributed by atoms with Crippen LogP contribution in [0.1, 0.15) is 13.3 Å². The van der Waals surface area contributed by atoms with E-state index in [4.69, 9.17) is 0 Å². The Hall–Kier alpha value is -0.610. The van der Waals surface area contributed by atoms with Gasteiger partial charge in [-0.1, -0.05) is 0 Å². The predicted molar refractivity (Wildman–Crippen MR) is 55.0 cm³/mol. The van der Waals surface area contributed by atoms with Crippen molar-refractivity contribution in [2.75, 3.05) is 33.2 Å². The first-order chi connectivity index (χ1) is 6.62. The van der Waals surface area contributed by atoms with Crippen LogP contribution in [0.3, 0.4) is 0 Å². The van der Waals surface area contributed by atoms with Gasteiger partial charge in [-0.2, -0.15) is 0 Å². The van der Waals surface area contributed by atoms with E-state index in [2.05, 4.69) is 22.6 Å². The number of amides is 1. The van der Waals surface area contributed by atoms with Gasteiger partial charge in [-0.25, -0.2) is 0 Å². The molecule has 80 valence electrons. The first-order valence-corrected chi connectivity index (χ1v) is 5.30. The summed E-state index contributed by atoms with van der Waals surface area (Å²) in [5, 5.41) is 6.53. The number of hydrogen-bond acceptors (Lipinski definition) is 3. The molecule has 0 aromatic heterocycles. The minimum absolute atomic E-state index is 0.00116.